The summed E-state index contributed by atoms with van der Waals surface area (Å²) in [7, 11) is 0. The number of hydrogen-bond acceptors (Lipinski definition) is 4. The van der Waals surface area contributed by atoms with E-state index in [9.17, 15) is 0 Å². The van der Waals surface area contributed by atoms with Gasteiger partial charge in [0.1, 0.15) is 5.82 Å². The molecule has 0 saturated heterocycles. The molecular weight excluding hydrogens is 226 g/mol. The average molecular weight is 240 g/mol. The highest BCUT2D eigenvalue weighted by atomic mass is 35.5. The molecule has 0 bridgehead atoms. The van der Waals surface area contributed by atoms with Gasteiger partial charge in [0.25, 0.3) is 5.95 Å². The molecule has 5 nitrogen and oxygen atoms in total. The van der Waals surface area contributed by atoms with Gasteiger partial charge in [-0.05, 0) is 12.5 Å². The molecule has 1 heterocycles. The van der Waals surface area contributed by atoms with E-state index in [1.807, 2.05) is 25.1 Å². The molecule has 0 unspecified atom stereocenters. The topological polar surface area (TPSA) is 65.6 Å². The number of aromatic nitrogens is 3. The van der Waals surface area contributed by atoms with Crippen LogP contribution < -0.4 is 10.9 Å². The quantitative estimate of drug-likeness (QED) is 0.710. The van der Waals surface area contributed by atoms with Crippen LogP contribution in [0.25, 0.3) is 0 Å². The molecule has 0 aliphatic rings. The lowest BCUT2D eigenvalue weighted by Crippen LogP contribution is -2.21. The third-order valence-corrected chi connectivity index (χ3v) is 1.93. The molecule has 0 aliphatic heterocycles. The molecular formula is C10H14ClN5. The van der Waals surface area contributed by atoms with Crippen LogP contribution in [0.15, 0.2) is 30.3 Å². The molecule has 2 aromatic rings. The maximum absolute atomic E-state index is 4.10. The lowest BCUT2D eigenvalue weighted by Gasteiger charge is -2.03. The Morgan fingerprint density at radius 2 is 2.00 bits per heavy atom. The fourth-order valence-corrected chi connectivity index (χ4v) is 1.22. The van der Waals surface area contributed by atoms with Gasteiger partial charge in [0.15, 0.2) is 0 Å². The highest BCUT2D eigenvalue weighted by Crippen LogP contribution is 1.98. The van der Waals surface area contributed by atoms with Gasteiger partial charge < -0.3 is 0 Å². The van der Waals surface area contributed by atoms with Crippen LogP contribution in [0.3, 0.4) is 0 Å². The van der Waals surface area contributed by atoms with Crippen LogP contribution in [0.2, 0.25) is 0 Å². The van der Waals surface area contributed by atoms with Crippen LogP contribution in [0.1, 0.15) is 11.4 Å². The number of benzene rings is 1. The first-order valence-electron chi connectivity index (χ1n) is 4.76. The lowest BCUT2D eigenvalue weighted by atomic mass is 10.2. The predicted molar refractivity (Wildman–Crippen MR) is 65.3 cm³/mol. The van der Waals surface area contributed by atoms with Crippen LogP contribution in [0.4, 0.5) is 5.95 Å². The summed E-state index contributed by atoms with van der Waals surface area (Å²) < 4.78 is 0. The van der Waals surface area contributed by atoms with Gasteiger partial charge in [-0.2, -0.15) is 4.98 Å². The number of halogens is 1. The zero-order chi connectivity index (χ0) is 10.5. The second-order valence-electron chi connectivity index (χ2n) is 3.21. The number of nitrogens with one attached hydrogen (secondary N) is 3. The van der Waals surface area contributed by atoms with Crippen molar-refractivity contribution in [3.05, 3.63) is 41.7 Å². The Kier molecular flexibility index (Phi) is 4.75. The number of anilines is 1. The third kappa shape index (κ3) is 3.52. The van der Waals surface area contributed by atoms with E-state index in [1.165, 1.54) is 5.56 Å². The van der Waals surface area contributed by atoms with E-state index in [1.54, 1.807) is 0 Å². The van der Waals surface area contributed by atoms with Crippen molar-refractivity contribution in [2.24, 2.45) is 0 Å². The number of hydrogen-bond donors (Lipinski definition) is 3. The first-order chi connectivity index (χ1) is 7.34. The molecule has 86 valence electrons. The molecule has 0 fully saturated rings. The Morgan fingerprint density at radius 3 is 2.62 bits per heavy atom. The Hall–Kier alpha value is -1.59. The number of hydrazine groups is 1. The normalized spacial score (nSPS) is 9.56. The van der Waals surface area contributed by atoms with Crippen molar-refractivity contribution in [2.45, 2.75) is 13.5 Å². The monoisotopic (exact) mass is 239 g/mol. The highest BCUT2D eigenvalue weighted by molar-refractivity contribution is 5.85. The van der Waals surface area contributed by atoms with Crippen molar-refractivity contribution in [3.8, 4) is 0 Å². The molecule has 0 saturated carbocycles. The van der Waals surface area contributed by atoms with Crippen LogP contribution in [0.5, 0.6) is 0 Å². The molecule has 0 atom stereocenters. The largest absolute Gasteiger partial charge is 0.288 e. The zero-order valence-electron chi connectivity index (χ0n) is 8.90. The minimum absolute atomic E-state index is 0. The summed E-state index contributed by atoms with van der Waals surface area (Å²) in [5, 5.41) is 6.69. The van der Waals surface area contributed by atoms with E-state index in [-0.39, 0.29) is 12.4 Å². The minimum Gasteiger partial charge on any atom is -0.288 e. The standard InChI is InChI=1S/C10H13N5.ClH/c1-8-12-10(15-13-8)14-11-7-9-5-3-2-4-6-9;/h2-6,11H,7H2,1H3,(H2,12,13,14,15);1H. The maximum Gasteiger partial charge on any atom is 0.256 e. The molecule has 1 aromatic carbocycles. The van der Waals surface area contributed by atoms with Gasteiger partial charge >= 0.3 is 0 Å². The summed E-state index contributed by atoms with van der Waals surface area (Å²) in [5.74, 6) is 1.35. The predicted octanol–water partition coefficient (Wildman–Crippen LogP) is 1.65. The second kappa shape index (κ2) is 6.09. The van der Waals surface area contributed by atoms with E-state index < -0.39 is 0 Å². The van der Waals surface area contributed by atoms with Gasteiger partial charge in [-0.15, -0.1) is 17.5 Å². The molecule has 2 rings (SSSR count). The summed E-state index contributed by atoms with van der Waals surface area (Å²) >= 11 is 0. The van der Waals surface area contributed by atoms with Crippen LogP contribution in [-0.2, 0) is 6.54 Å². The molecule has 6 heteroatoms. The van der Waals surface area contributed by atoms with E-state index >= 15 is 0 Å². The van der Waals surface area contributed by atoms with Crippen molar-refractivity contribution in [3.63, 3.8) is 0 Å². The highest BCUT2D eigenvalue weighted by Gasteiger charge is 1.96. The van der Waals surface area contributed by atoms with Crippen molar-refractivity contribution < 1.29 is 0 Å². The van der Waals surface area contributed by atoms with Gasteiger partial charge in [0.2, 0.25) is 0 Å². The fraction of sp³-hybridized carbons (Fsp3) is 0.200. The van der Waals surface area contributed by atoms with Crippen LogP contribution in [0, 0.1) is 6.92 Å². The van der Waals surface area contributed by atoms with E-state index in [0.29, 0.717) is 5.95 Å². The van der Waals surface area contributed by atoms with Gasteiger partial charge in [0, 0.05) is 6.54 Å². The van der Waals surface area contributed by atoms with Crippen molar-refractivity contribution in [1.82, 2.24) is 20.6 Å². The summed E-state index contributed by atoms with van der Waals surface area (Å²) in [6.07, 6.45) is 0. The van der Waals surface area contributed by atoms with Crippen LogP contribution >= 0.6 is 12.4 Å². The number of rotatable bonds is 4. The molecule has 16 heavy (non-hydrogen) atoms. The summed E-state index contributed by atoms with van der Waals surface area (Å²) in [5.41, 5.74) is 7.15. The molecule has 0 amide bonds. The smallest absolute Gasteiger partial charge is 0.256 e. The molecule has 0 aliphatic carbocycles. The molecule has 0 radical (unpaired) electrons. The van der Waals surface area contributed by atoms with Crippen molar-refractivity contribution in [1.29, 1.82) is 0 Å². The van der Waals surface area contributed by atoms with Crippen molar-refractivity contribution in [2.75, 3.05) is 5.43 Å². The fourth-order valence-electron chi connectivity index (χ4n) is 1.22. The van der Waals surface area contributed by atoms with Crippen LogP contribution in [-0.4, -0.2) is 15.2 Å². The molecule has 0 spiro atoms. The maximum atomic E-state index is 4.10. The van der Waals surface area contributed by atoms with Gasteiger partial charge in [-0.25, -0.2) is 5.43 Å². The van der Waals surface area contributed by atoms with Crippen molar-refractivity contribution >= 4 is 18.4 Å². The Labute approximate surface area is 100 Å². The first kappa shape index (κ1) is 12.5. The van der Waals surface area contributed by atoms with E-state index in [4.69, 9.17) is 0 Å². The number of aryl methyl sites for hydroxylation is 1. The van der Waals surface area contributed by atoms with Gasteiger partial charge in [-0.3, -0.25) is 10.5 Å². The average Bonchev–Trinajstić information content (AvgIpc) is 2.66. The Bertz CT molecular complexity index is 414. The Morgan fingerprint density at radius 1 is 1.25 bits per heavy atom. The van der Waals surface area contributed by atoms with Gasteiger partial charge in [0.05, 0.1) is 0 Å². The zero-order valence-corrected chi connectivity index (χ0v) is 9.71. The SMILES string of the molecule is Cc1nc(NNCc2ccccc2)n[nH]1.Cl. The Balaban J connectivity index is 0.00000128. The number of nitrogens with zero attached hydrogens (tertiary/aromatic N) is 2. The summed E-state index contributed by atoms with van der Waals surface area (Å²) in [6.45, 7) is 2.59. The summed E-state index contributed by atoms with van der Waals surface area (Å²) in [4.78, 5) is 4.10. The second-order valence-corrected chi connectivity index (χ2v) is 3.21. The molecule has 3 N–H and O–H groups in total. The first-order valence-corrected chi connectivity index (χ1v) is 4.76. The lowest BCUT2D eigenvalue weighted by molar-refractivity contribution is 0.787. The van der Waals surface area contributed by atoms with E-state index in [2.05, 4.69) is 38.2 Å². The van der Waals surface area contributed by atoms with Gasteiger partial charge in [-0.1, -0.05) is 30.3 Å². The minimum atomic E-state index is 0. The number of aromatic amines is 1. The number of H-pyrrole nitrogens is 1. The third-order valence-electron chi connectivity index (χ3n) is 1.93. The molecule has 1 aromatic heterocycles. The van der Waals surface area contributed by atoms with E-state index in [0.717, 1.165) is 12.4 Å². The summed E-state index contributed by atoms with van der Waals surface area (Å²) in [6, 6.07) is 10.1.